The van der Waals surface area contributed by atoms with Crippen molar-refractivity contribution in [3.8, 4) is 46.0 Å². The molecule has 12 heteroatoms. The van der Waals surface area contributed by atoms with E-state index in [0.29, 0.717) is 20.5 Å². The second-order valence-electron chi connectivity index (χ2n) is 13.3. The lowest BCUT2D eigenvalue weighted by molar-refractivity contribution is 0.395. The number of aromatic hydroxyl groups is 8. The zero-order chi connectivity index (χ0) is 39.5. The molecule has 8 nitrogen and oxygen atoms in total. The number of benzene rings is 6. The monoisotopic (exact) mass is 802 g/mol. The summed E-state index contributed by atoms with van der Waals surface area (Å²) >= 11 is 14.5. The molecule has 6 aromatic rings. The number of phenols is 8. The van der Waals surface area contributed by atoms with Crippen LogP contribution in [-0.4, -0.2) is 40.9 Å². The van der Waals surface area contributed by atoms with E-state index in [-0.39, 0.29) is 69.7 Å². The molecule has 0 saturated carbocycles. The Morgan fingerprint density at radius 3 is 1.48 bits per heavy atom. The molecular weight excluding hydrogens is 767 g/mol. The summed E-state index contributed by atoms with van der Waals surface area (Å²) in [4.78, 5) is 1.43. The fraction of sp³-hybridized carbons (Fsp3) is 0.143. The quantitative estimate of drug-likeness (QED) is 0.0484. The first-order valence-corrected chi connectivity index (χ1v) is 19.1. The van der Waals surface area contributed by atoms with E-state index >= 15 is 0 Å². The van der Waals surface area contributed by atoms with Gasteiger partial charge in [0.25, 0.3) is 0 Å². The van der Waals surface area contributed by atoms with Crippen LogP contribution in [0.5, 0.6) is 46.0 Å². The zero-order valence-electron chi connectivity index (χ0n) is 29.7. The molecule has 0 spiro atoms. The standard InChI is InChI=1S/C42H36Cl2O8S2/c1-17(2)27-33-31(25(37(47)41(27)51)15-53-23-11-7-21(43)8-12-23)39(49)29(19(5)35(33)45)30-20(6)36(46)34-28(18(3)4)42(52)38(48)26(32(34)40(30)50)16-54-24-13-9-22(44)10-14-24/h7-16,18,45-52H,5H2,1-4,6H3/b25-15?,26-16?,30-29-. The number of rotatable bonds is 5. The maximum atomic E-state index is 12.4. The average molecular weight is 804 g/mol. The van der Waals surface area contributed by atoms with Crippen molar-refractivity contribution in [2.24, 2.45) is 0 Å². The van der Waals surface area contributed by atoms with E-state index in [4.69, 9.17) is 23.2 Å². The van der Waals surface area contributed by atoms with Crippen LogP contribution in [0.15, 0.2) is 58.3 Å². The molecule has 0 aliphatic rings. The molecule has 6 aromatic carbocycles. The summed E-state index contributed by atoms with van der Waals surface area (Å²) in [6.07, 6.45) is 0. The van der Waals surface area contributed by atoms with Crippen molar-refractivity contribution in [3.05, 3.63) is 101 Å². The molecule has 278 valence electrons. The summed E-state index contributed by atoms with van der Waals surface area (Å²) in [5.41, 5.74) is 0.739. The Labute approximate surface area is 327 Å². The van der Waals surface area contributed by atoms with Crippen molar-refractivity contribution < 1.29 is 40.9 Å². The molecule has 0 bridgehead atoms. The predicted molar refractivity (Wildman–Crippen MR) is 220 cm³/mol. The zero-order valence-corrected chi connectivity index (χ0v) is 32.9. The Morgan fingerprint density at radius 1 is 0.574 bits per heavy atom. The molecule has 6 rings (SSSR count). The minimum Gasteiger partial charge on any atom is -0.507 e. The number of thioether (sulfide) groups is 2. The van der Waals surface area contributed by atoms with Gasteiger partial charge >= 0.3 is 0 Å². The van der Waals surface area contributed by atoms with Crippen molar-refractivity contribution >= 4 is 91.2 Å². The molecular formula is C42H36Cl2O8S2. The smallest absolute Gasteiger partial charge is 0.166 e. The van der Waals surface area contributed by atoms with Gasteiger partial charge in [-0.2, -0.15) is 0 Å². The highest BCUT2D eigenvalue weighted by Gasteiger charge is 2.27. The summed E-state index contributed by atoms with van der Waals surface area (Å²) < 4.78 is 0. The van der Waals surface area contributed by atoms with Crippen LogP contribution >= 0.6 is 46.7 Å². The molecule has 0 unspecified atom stereocenters. The lowest BCUT2D eigenvalue weighted by Crippen LogP contribution is -2.19. The average Bonchev–Trinajstić information content (AvgIpc) is 3.12. The first-order chi connectivity index (χ1) is 25.5. The number of phenolic OH excluding ortho intramolecular Hbond substituents is 8. The molecule has 0 radical (unpaired) electrons. The third kappa shape index (κ3) is 6.36. The van der Waals surface area contributed by atoms with Crippen LogP contribution in [0.2, 0.25) is 10.0 Å². The maximum Gasteiger partial charge on any atom is 0.166 e. The molecule has 0 aromatic heterocycles. The van der Waals surface area contributed by atoms with E-state index in [2.05, 4.69) is 6.58 Å². The summed E-state index contributed by atoms with van der Waals surface area (Å²) in [7, 11) is 0. The first-order valence-electron chi connectivity index (χ1n) is 16.6. The minimum absolute atomic E-state index is 0.000271. The van der Waals surface area contributed by atoms with E-state index in [0.717, 1.165) is 28.4 Å². The van der Waals surface area contributed by atoms with Gasteiger partial charge in [-0.1, -0.05) is 72.7 Å². The number of hydrogen-bond donors (Lipinski definition) is 8. The normalized spacial score (nSPS) is 13.1. The molecule has 0 heterocycles. The van der Waals surface area contributed by atoms with Gasteiger partial charge in [0, 0.05) is 83.8 Å². The van der Waals surface area contributed by atoms with Crippen LogP contribution in [0.3, 0.4) is 0 Å². The highest BCUT2D eigenvalue weighted by molar-refractivity contribution is 8.06. The van der Waals surface area contributed by atoms with Crippen LogP contribution in [0.4, 0.5) is 0 Å². The van der Waals surface area contributed by atoms with Gasteiger partial charge in [0.15, 0.2) is 23.0 Å². The lowest BCUT2D eigenvalue weighted by atomic mass is 9.89. The van der Waals surface area contributed by atoms with Crippen LogP contribution in [0, 0.1) is 17.4 Å². The number of fused-ring (bicyclic) bond motifs is 2. The third-order valence-corrected chi connectivity index (χ3v) is 11.6. The molecule has 54 heavy (non-hydrogen) atoms. The Bertz CT molecular complexity index is 2890. The van der Waals surface area contributed by atoms with Crippen LogP contribution in [0.1, 0.15) is 44.7 Å². The van der Waals surface area contributed by atoms with E-state index in [9.17, 15) is 40.9 Å². The number of hydrogen-bond acceptors (Lipinski definition) is 10. The van der Waals surface area contributed by atoms with Crippen molar-refractivity contribution in [2.75, 3.05) is 0 Å². The molecule has 0 amide bonds. The van der Waals surface area contributed by atoms with Crippen LogP contribution in [-0.2, 0) is 0 Å². The fourth-order valence-corrected chi connectivity index (χ4v) is 8.56. The molecule has 0 aliphatic carbocycles. The van der Waals surface area contributed by atoms with Crippen molar-refractivity contribution in [1.82, 2.24) is 0 Å². The Kier molecular flexibility index (Phi) is 10.5. The molecule has 8 N–H and O–H groups in total. The van der Waals surface area contributed by atoms with Crippen molar-refractivity contribution in [2.45, 2.75) is 50.3 Å². The van der Waals surface area contributed by atoms with Crippen molar-refractivity contribution in [3.63, 3.8) is 0 Å². The minimum atomic E-state index is -0.571. The molecule has 0 atom stereocenters. The van der Waals surface area contributed by atoms with E-state index < -0.39 is 46.2 Å². The maximum absolute atomic E-state index is 12.4. The van der Waals surface area contributed by atoms with Gasteiger partial charge in [-0.25, -0.2) is 0 Å². The van der Waals surface area contributed by atoms with Gasteiger partial charge in [-0.15, -0.1) is 0 Å². The lowest BCUT2D eigenvalue weighted by Gasteiger charge is -2.19. The molecule has 0 saturated heterocycles. The second-order valence-corrected chi connectivity index (χ2v) is 16.1. The van der Waals surface area contributed by atoms with Gasteiger partial charge in [0.1, 0.15) is 23.0 Å². The topological polar surface area (TPSA) is 162 Å². The van der Waals surface area contributed by atoms with Crippen LogP contribution < -0.4 is 20.9 Å². The third-order valence-electron chi connectivity index (χ3n) is 9.33. The Hall–Kier alpha value is -5.00. The van der Waals surface area contributed by atoms with Gasteiger partial charge < -0.3 is 40.9 Å². The van der Waals surface area contributed by atoms with Gasteiger partial charge in [0.2, 0.25) is 0 Å². The SMILES string of the molecule is C=c1c(O)c2c(=C(C)C)c(O)c(O)c(=CSc3ccc(Cl)cc3)c2c(O)/c1=c1/c(C)c(O)c2c(C(C)C)c(O)c(O)c(=CSc3ccc(Cl)cc3)c2c1O. The van der Waals surface area contributed by atoms with E-state index in [1.165, 1.54) is 17.7 Å². The largest absolute Gasteiger partial charge is 0.507 e. The Morgan fingerprint density at radius 2 is 1.02 bits per heavy atom. The molecule has 0 aliphatic heterocycles. The number of halogens is 2. The van der Waals surface area contributed by atoms with Gasteiger partial charge in [0.05, 0.1) is 0 Å². The second kappa shape index (κ2) is 14.7. The fourth-order valence-electron chi connectivity index (χ4n) is 6.76. The molecule has 0 fully saturated rings. The predicted octanol–water partition coefficient (Wildman–Crippen LogP) is 8.32. The highest BCUT2D eigenvalue weighted by atomic mass is 35.5. The van der Waals surface area contributed by atoms with E-state index in [1.807, 2.05) is 0 Å². The highest BCUT2D eigenvalue weighted by Crippen LogP contribution is 2.46. The van der Waals surface area contributed by atoms with Crippen LogP contribution in [0.25, 0.3) is 44.5 Å². The summed E-state index contributed by atoms with van der Waals surface area (Å²) in [6, 6.07) is 13.7. The Balaban J connectivity index is 1.90. The first kappa shape index (κ1) is 38.7. The van der Waals surface area contributed by atoms with Gasteiger partial charge in [-0.05, 0) is 86.0 Å². The van der Waals surface area contributed by atoms with E-state index in [1.54, 1.807) is 76.2 Å². The summed E-state index contributed by atoms with van der Waals surface area (Å²) in [6.45, 7) is 12.4. The summed E-state index contributed by atoms with van der Waals surface area (Å²) in [5, 5.41) is 97.5. The van der Waals surface area contributed by atoms with Gasteiger partial charge in [-0.3, -0.25) is 0 Å². The van der Waals surface area contributed by atoms with Crippen molar-refractivity contribution in [1.29, 1.82) is 0 Å². The summed E-state index contributed by atoms with van der Waals surface area (Å²) in [5.74, 6) is -4.41.